The van der Waals surface area contributed by atoms with Crippen molar-refractivity contribution in [3.05, 3.63) is 101 Å². The first-order valence-corrected chi connectivity index (χ1v) is 38.3. The molecule has 1 aromatic heterocycles. The second-order valence-corrected chi connectivity index (χ2v) is 55.4. The molecule has 1 unspecified atom stereocenters. The Hall–Kier alpha value is -1.21. The van der Waals surface area contributed by atoms with Crippen LogP contribution in [0.4, 0.5) is 17.2 Å². The Kier molecular flexibility index (Phi) is 61.9. The number of aromatic nitrogens is 1. The monoisotopic (exact) mass is 1410 g/mol. The van der Waals surface area contributed by atoms with Gasteiger partial charge in [0.1, 0.15) is 12.2 Å². The van der Waals surface area contributed by atoms with E-state index in [0.717, 1.165) is 27.3 Å². The number of nitrogen functional groups attached to an aromatic ring is 1. The van der Waals surface area contributed by atoms with Gasteiger partial charge in [-0.3, -0.25) is 24.7 Å². The number of nitrogens with one attached hydrogen (secondary N) is 2. The van der Waals surface area contributed by atoms with Gasteiger partial charge in [-0.1, -0.05) is 105 Å². The standard InChI is InChI=1S/C10H11N3O.C9H9N3O.C7H9NO.C3H2N2.3C2H6.2CH4.5HI.2V/c1-12-8-6-4-3-5-7(8)9(13-2)10(11)14;10-8-7(9(11)13)5-3-1-2-4-6(5)12-8;1-8(9)7-5-3-2-4-6-7;4-2-1-3-5;3*1-2;;;;;;;;;/h3-6,9,12H,1H3,(H2,11,14);1-4,12H,10H2,(H2,11,13);2-6,9H,1H3;1H2;3*1-2H3;2*1H4;5*1H;;/q;;;;;;;;;;;;;;+2;+3/p-5. The topological polar surface area (TPSA) is 215 Å². The average molecular weight is 1410 g/mol. The van der Waals surface area contributed by atoms with Crippen LogP contribution in [0.5, 0.6) is 0 Å². The summed E-state index contributed by atoms with van der Waals surface area (Å²) in [6.45, 7) is 18.9. The first-order chi connectivity index (χ1) is 25.8. The number of nitrogens with zero attached hydrogens (tertiary/aromatic N) is 4. The van der Waals surface area contributed by atoms with Gasteiger partial charge in [0.25, 0.3) is 5.91 Å². The molecule has 56 heavy (non-hydrogen) atoms. The summed E-state index contributed by atoms with van der Waals surface area (Å²) < 4.78 is 0. The third kappa shape index (κ3) is 35.9. The van der Waals surface area contributed by atoms with E-state index >= 15 is 0 Å². The Balaban J connectivity index is -0.000000106. The van der Waals surface area contributed by atoms with E-state index in [1.807, 2.05) is 102 Å². The van der Waals surface area contributed by atoms with Gasteiger partial charge in [-0.25, -0.2) is 6.57 Å². The van der Waals surface area contributed by atoms with Gasteiger partial charge in [0.15, 0.2) is 0 Å². The molecule has 2 amide bonds. The number of para-hydroxylation sites is 3. The zero-order valence-electron chi connectivity index (χ0n) is 31.4. The van der Waals surface area contributed by atoms with Gasteiger partial charge in [0, 0.05) is 30.7 Å². The molecule has 0 aliphatic carbocycles. The van der Waals surface area contributed by atoms with Gasteiger partial charge >= 0.3 is 126 Å². The van der Waals surface area contributed by atoms with E-state index < -0.39 is 17.9 Å². The number of hydroxylamine groups is 1. The average Bonchev–Trinajstić information content (AvgIpc) is 3.52. The number of anilines is 3. The van der Waals surface area contributed by atoms with Crippen LogP contribution in [0.2, 0.25) is 0 Å². The Bertz CT molecular complexity index is 1640. The molecule has 0 aliphatic heterocycles. The predicted molar refractivity (Wildman–Crippen MR) is 276 cm³/mol. The number of hydrogen-bond donors (Lipinski definition) is 6. The molecule has 9 N–H and O–H groups in total. The van der Waals surface area contributed by atoms with Gasteiger partial charge in [-0.2, -0.15) is 10.5 Å². The number of nitrogens with two attached hydrogens (primary N) is 3. The van der Waals surface area contributed by atoms with Gasteiger partial charge in [0.2, 0.25) is 0 Å². The number of H-pyrrole nitrogens is 1. The Labute approximate surface area is 402 Å². The fourth-order valence-electron chi connectivity index (χ4n) is 3.36. The molecule has 313 valence electrons. The van der Waals surface area contributed by atoms with E-state index in [9.17, 15) is 9.59 Å². The molecule has 3 aromatic carbocycles. The molecule has 0 radical (unpaired) electrons. The van der Waals surface area contributed by atoms with Crippen molar-refractivity contribution in [2.75, 3.05) is 30.2 Å². The molecule has 0 bridgehead atoms. The van der Waals surface area contributed by atoms with Crippen molar-refractivity contribution >= 4 is 140 Å². The summed E-state index contributed by atoms with van der Waals surface area (Å²) in [4.78, 5) is 27.8. The number of fused-ring (bicyclic) bond motifs is 1. The molecule has 0 fully saturated rings. The minimum atomic E-state index is -0.904. The molecule has 12 nitrogen and oxygen atoms in total. The van der Waals surface area contributed by atoms with E-state index in [-0.39, 0.29) is 26.2 Å². The van der Waals surface area contributed by atoms with Crippen molar-refractivity contribution in [2.24, 2.45) is 11.5 Å². The fraction of sp³-hybridized carbons (Fsp3) is 0.324. The molecule has 4 aromatic rings. The molecule has 1 heterocycles. The van der Waals surface area contributed by atoms with E-state index in [0.29, 0.717) is 26.4 Å². The SMILES string of the molecule is C.C.CC.CC.CC.CN(O)c1ccccc1.N#CCC#N.NC(=O)c1c(N)[nH]c2ccccc12.[C-]#[N+]C(C(N)=O)c1ccccc1NC.[I][V]([I])[I].[I][V][I]. The van der Waals surface area contributed by atoms with E-state index in [1.165, 1.54) is 0 Å². The number of rotatable bonds is 5. The molecule has 4 rings (SSSR count). The molecule has 0 aliphatic rings. The van der Waals surface area contributed by atoms with Crippen molar-refractivity contribution in [2.45, 2.75) is 68.9 Å². The van der Waals surface area contributed by atoms with Crippen LogP contribution in [0.15, 0.2) is 78.9 Å². The van der Waals surface area contributed by atoms with Crippen molar-refractivity contribution in [3.63, 3.8) is 0 Å². The normalized spacial score (nSPS) is 8.36. The molecular formula is C37H57I5N9O3V2. The Morgan fingerprint density at radius 3 is 1.66 bits per heavy atom. The number of halogens is 5. The first kappa shape index (κ1) is 69.4. The molecule has 1 atom stereocenters. The van der Waals surface area contributed by atoms with Crippen LogP contribution in [0.1, 0.15) is 84.8 Å². The molecule has 0 saturated heterocycles. The van der Waals surface area contributed by atoms with Crippen molar-refractivity contribution in [1.82, 2.24) is 4.98 Å². The number of primary amides is 2. The van der Waals surface area contributed by atoms with Crippen LogP contribution in [0.25, 0.3) is 15.7 Å². The number of carbonyl (C=O) groups excluding carboxylic acids is 2. The third-order valence-corrected chi connectivity index (χ3v) is 5.19. The van der Waals surface area contributed by atoms with E-state index in [2.05, 4.69) is 115 Å². The van der Waals surface area contributed by atoms with E-state index in [1.54, 1.807) is 44.4 Å². The number of amides is 2. The number of nitriles is 2. The maximum absolute atomic E-state index is 11.0. The summed E-state index contributed by atoms with van der Waals surface area (Å²) >= 11 is 12.1. The van der Waals surface area contributed by atoms with Crippen molar-refractivity contribution < 1.29 is 29.2 Å². The van der Waals surface area contributed by atoms with Crippen LogP contribution in [-0.2, 0) is 19.2 Å². The molecule has 0 spiro atoms. The minimum absolute atomic E-state index is 0. The fourth-order valence-corrected chi connectivity index (χ4v) is 3.36. The summed E-state index contributed by atoms with van der Waals surface area (Å²) in [5.41, 5.74) is 19.3. The van der Waals surface area contributed by atoms with Crippen LogP contribution in [0.3, 0.4) is 0 Å². The van der Waals surface area contributed by atoms with Crippen LogP contribution in [-0.4, -0.2) is 36.1 Å². The third-order valence-electron chi connectivity index (χ3n) is 5.19. The van der Waals surface area contributed by atoms with Crippen LogP contribution >= 0.6 is 99.9 Å². The molecule has 0 saturated carbocycles. The van der Waals surface area contributed by atoms with Gasteiger partial charge < -0.3 is 27.5 Å². The van der Waals surface area contributed by atoms with Gasteiger partial charge in [-0.05, 0) is 30.3 Å². The van der Waals surface area contributed by atoms with Crippen LogP contribution < -0.4 is 27.6 Å². The van der Waals surface area contributed by atoms with Crippen molar-refractivity contribution in [1.29, 1.82) is 10.5 Å². The van der Waals surface area contributed by atoms with Gasteiger partial charge in [0.05, 0.1) is 29.0 Å². The van der Waals surface area contributed by atoms with Crippen LogP contribution in [0, 0.1) is 29.2 Å². The number of hydrogen-bond acceptors (Lipinski definition) is 8. The second kappa shape index (κ2) is 49.9. The Morgan fingerprint density at radius 2 is 1.32 bits per heavy atom. The molecular weight excluding hydrogens is 1350 g/mol. The quantitative estimate of drug-likeness (QED) is 0.0640. The Morgan fingerprint density at radius 1 is 0.911 bits per heavy atom. The van der Waals surface area contributed by atoms with Gasteiger partial charge in [-0.15, -0.1) is 0 Å². The predicted octanol–water partition coefficient (Wildman–Crippen LogP) is 12.7. The number of benzene rings is 3. The summed E-state index contributed by atoms with van der Waals surface area (Å²) in [7, 11) is 3.96. The number of carbonyl (C=O) groups is 2. The zero-order valence-corrected chi connectivity index (χ0v) is 44.9. The summed E-state index contributed by atoms with van der Waals surface area (Å²) in [6, 6.07) is 26.2. The summed E-state index contributed by atoms with van der Waals surface area (Å²) in [6.07, 6.45) is 0. The zero-order chi connectivity index (χ0) is 43.1. The number of aromatic amines is 1. The summed E-state index contributed by atoms with van der Waals surface area (Å²) in [5.74, 6) is -0.800. The van der Waals surface area contributed by atoms with Crippen molar-refractivity contribution in [3.8, 4) is 12.1 Å². The first-order valence-electron chi connectivity index (χ1n) is 15.8. The second-order valence-electron chi connectivity index (χ2n) is 8.20. The molecule has 19 heteroatoms. The summed E-state index contributed by atoms with van der Waals surface area (Å²) in [5, 5.41) is 28.8. The van der Waals surface area contributed by atoms with E-state index in [4.69, 9.17) is 39.5 Å². The maximum atomic E-state index is 11.0.